The number of benzene rings is 2. The molecule has 110 valence electrons. The van der Waals surface area contributed by atoms with Crippen molar-refractivity contribution in [3.63, 3.8) is 0 Å². The van der Waals surface area contributed by atoms with Gasteiger partial charge in [0.25, 0.3) is 5.56 Å². The van der Waals surface area contributed by atoms with Crippen molar-refractivity contribution >= 4 is 22.7 Å². The molecule has 0 aliphatic carbocycles. The Kier molecular flexibility index (Phi) is 4.11. The molecule has 0 spiro atoms. The molecular formula is C18H16N2OS. The van der Waals surface area contributed by atoms with Gasteiger partial charge in [0.2, 0.25) is 0 Å². The first kappa shape index (κ1) is 14.6. The normalized spacial score (nSPS) is 10.8. The van der Waals surface area contributed by atoms with E-state index in [1.54, 1.807) is 4.57 Å². The van der Waals surface area contributed by atoms with Gasteiger partial charge in [0.1, 0.15) is 0 Å². The van der Waals surface area contributed by atoms with Crippen LogP contribution in [0.2, 0.25) is 0 Å². The maximum absolute atomic E-state index is 12.9. The minimum atomic E-state index is -0.0357. The molecule has 1 aromatic heterocycles. The summed E-state index contributed by atoms with van der Waals surface area (Å²) in [6.45, 7) is 5.74. The highest BCUT2D eigenvalue weighted by molar-refractivity contribution is 7.99. The smallest absolute Gasteiger partial charge is 0.266 e. The molecule has 0 amide bonds. The zero-order valence-corrected chi connectivity index (χ0v) is 13.1. The molecule has 3 nitrogen and oxygen atoms in total. The Labute approximate surface area is 133 Å². The second-order valence-electron chi connectivity index (χ2n) is 4.94. The molecule has 0 radical (unpaired) electrons. The van der Waals surface area contributed by atoms with E-state index in [1.165, 1.54) is 11.8 Å². The highest BCUT2D eigenvalue weighted by atomic mass is 32.2. The lowest BCUT2D eigenvalue weighted by Gasteiger charge is -2.14. The first-order valence-corrected chi connectivity index (χ1v) is 8.02. The third-order valence-corrected chi connectivity index (χ3v) is 4.37. The maximum Gasteiger partial charge on any atom is 0.266 e. The number of thioether (sulfide) groups is 1. The van der Waals surface area contributed by atoms with Gasteiger partial charge >= 0.3 is 0 Å². The monoisotopic (exact) mass is 308 g/mol. The van der Waals surface area contributed by atoms with E-state index < -0.39 is 0 Å². The van der Waals surface area contributed by atoms with Gasteiger partial charge in [-0.05, 0) is 30.7 Å². The minimum Gasteiger partial charge on any atom is -0.268 e. The molecule has 2 aromatic carbocycles. The minimum absolute atomic E-state index is 0.0357. The Morgan fingerprint density at radius 2 is 1.91 bits per heavy atom. The number of hydrogen-bond acceptors (Lipinski definition) is 3. The van der Waals surface area contributed by atoms with Gasteiger partial charge in [-0.3, -0.25) is 9.36 Å². The average Bonchev–Trinajstić information content (AvgIpc) is 2.54. The van der Waals surface area contributed by atoms with Gasteiger partial charge in [-0.1, -0.05) is 48.2 Å². The summed E-state index contributed by atoms with van der Waals surface area (Å²) in [7, 11) is 0. The molecule has 1 heterocycles. The molecular weight excluding hydrogens is 292 g/mol. The number of rotatable bonds is 4. The maximum atomic E-state index is 12.9. The summed E-state index contributed by atoms with van der Waals surface area (Å²) < 4.78 is 1.70. The molecule has 0 fully saturated rings. The van der Waals surface area contributed by atoms with Crippen LogP contribution in [-0.4, -0.2) is 15.3 Å². The highest BCUT2D eigenvalue weighted by Gasteiger charge is 2.13. The van der Waals surface area contributed by atoms with Crippen LogP contribution in [0.4, 0.5) is 0 Å². The summed E-state index contributed by atoms with van der Waals surface area (Å²) >= 11 is 1.51. The van der Waals surface area contributed by atoms with Crippen LogP contribution in [0.25, 0.3) is 16.6 Å². The fourth-order valence-electron chi connectivity index (χ4n) is 2.37. The lowest BCUT2D eigenvalue weighted by atomic mass is 10.2. The topological polar surface area (TPSA) is 34.9 Å². The van der Waals surface area contributed by atoms with Crippen molar-refractivity contribution in [3.05, 3.63) is 77.1 Å². The van der Waals surface area contributed by atoms with Gasteiger partial charge < -0.3 is 0 Å². The zero-order chi connectivity index (χ0) is 15.5. The second-order valence-corrected chi connectivity index (χ2v) is 5.93. The van der Waals surface area contributed by atoms with Gasteiger partial charge in [-0.2, -0.15) is 0 Å². The molecule has 0 bridgehead atoms. The summed E-state index contributed by atoms with van der Waals surface area (Å²) in [5.74, 6) is 0.705. The van der Waals surface area contributed by atoms with Crippen LogP contribution >= 0.6 is 11.8 Å². The molecule has 0 N–H and O–H groups in total. The SMILES string of the molecule is C=CCSc1nc2ccccc2c(=O)n1-c1ccccc1C. The molecule has 0 saturated heterocycles. The molecule has 3 aromatic rings. The lowest BCUT2D eigenvalue weighted by Crippen LogP contribution is -2.22. The molecule has 0 unspecified atom stereocenters. The predicted octanol–water partition coefficient (Wildman–Crippen LogP) is 3.97. The van der Waals surface area contributed by atoms with Crippen LogP contribution in [0, 0.1) is 6.92 Å². The standard InChI is InChI=1S/C18H16N2OS/c1-3-12-22-18-19-15-10-6-5-9-14(15)17(21)20(18)16-11-7-4-8-13(16)2/h3-11H,1,12H2,2H3. The van der Waals surface area contributed by atoms with E-state index in [-0.39, 0.29) is 5.56 Å². The van der Waals surface area contributed by atoms with Gasteiger partial charge in [0.05, 0.1) is 16.6 Å². The van der Waals surface area contributed by atoms with E-state index >= 15 is 0 Å². The summed E-state index contributed by atoms with van der Waals surface area (Å²) in [4.78, 5) is 17.6. The molecule has 0 saturated carbocycles. The van der Waals surface area contributed by atoms with E-state index in [9.17, 15) is 4.79 Å². The zero-order valence-electron chi connectivity index (χ0n) is 12.3. The van der Waals surface area contributed by atoms with Crippen molar-refractivity contribution < 1.29 is 0 Å². The quantitative estimate of drug-likeness (QED) is 0.415. The third kappa shape index (κ3) is 2.57. The van der Waals surface area contributed by atoms with E-state index in [1.807, 2.05) is 61.5 Å². The molecule has 22 heavy (non-hydrogen) atoms. The largest absolute Gasteiger partial charge is 0.268 e. The van der Waals surface area contributed by atoms with Gasteiger partial charge in [0.15, 0.2) is 5.16 Å². The van der Waals surface area contributed by atoms with Gasteiger partial charge in [-0.15, -0.1) is 6.58 Å². The molecule has 0 aliphatic heterocycles. The summed E-state index contributed by atoms with van der Waals surface area (Å²) in [6, 6.07) is 15.3. The molecule has 0 aliphatic rings. The Morgan fingerprint density at radius 1 is 1.18 bits per heavy atom. The van der Waals surface area contributed by atoms with Gasteiger partial charge in [-0.25, -0.2) is 4.98 Å². The third-order valence-electron chi connectivity index (χ3n) is 3.43. The first-order valence-electron chi connectivity index (χ1n) is 7.04. The summed E-state index contributed by atoms with van der Waals surface area (Å²) in [5.41, 5.74) is 2.61. The molecule has 4 heteroatoms. The van der Waals surface area contributed by atoms with Crippen molar-refractivity contribution in [2.24, 2.45) is 0 Å². The first-order chi connectivity index (χ1) is 10.7. The van der Waals surface area contributed by atoms with Crippen LogP contribution in [-0.2, 0) is 0 Å². The highest BCUT2D eigenvalue weighted by Crippen LogP contribution is 2.22. The fourth-order valence-corrected chi connectivity index (χ4v) is 3.11. The Morgan fingerprint density at radius 3 is 2.68 bits per heavy atom. The molecule has 0 atom stereocenters. The number of nitrogens with zero attached hydrogens (tertiary/aromatic N) is 2. The lowest BCUT2D eigenvalue weighted by molar-refractivity contribution is 0.815. The van der Waals surface area contributed by atoms with Crippen LogP contribution in [0.1, 0.15) is 5.56 Å². The van der Waals surface area contributed by atoms with E-state index in [0.29, 0.717) is 16.3 Å². The van der Waals surface area contributed by atoms with Crippen molar-refractivity contribution in [1.29, 1.82) is 0 Å². The van der Waals surface area contributed by atoms with Crippen molar-refractivity contribution in [2.45, 2.75) is 12.1 Å². The Balaban J connectivity index is 2.35. The van der Waals surface area contributed by atoms with Crippen molar-refractivity contribution in [1.82, 2.24) is 9.55 Å². The van der Waals surface area contributed by atoms with Crippen LogP contribution in [0.3, 0.4) is 0 Å². The Hall–Kier alpha value is -2.33. The number of aromatic nitrogens is 2. The van der Waals surface area contributed by atoms with Crippen LogP contribution in [0.5, 0.6) is 0 Å². The number of hydrogen-bond donors (Lipinski definition) is 0. The van der Waals surface area contributed by atoms with Crippen molar-refractivity contribution in [2.75, 3.05) is 5.75 Å². The van der Waals surface area contributed by atoms with Crippen LogP contribution in [0.15, 0.2) is 71.1 Å². The average molecular weight is 308 g/mol. The summed E-state index contributed by atoms with van der Waals surface area (Å²) in [5, 5.41) is 1.33. The van der Waals surface area contributed by atoms with Gasteiger partial charge in [0, 0.05) is 5.75 Å². The Bertz CT molecular complexity index is 899. The number of para-hydroxylation sites is 2. The number of fused-ring (bicyclic) bond motifs is 1. The van der Waals surface area contributed by atoms with Crippen molar-refractivity contribution in [3.8, 4) is 5.69 Å². The number of aryl methyl sites for hydroxylation is 1. The van der Waals surface area contributed by atoms with Crippen LogP contribution < -0.4 is 5.56 Å². The second kappa shape index (κ2) is 6.20. The van der Waals surface area contributed by atoms with E-state index in [4.69, 9.17) is 0 Å². The summed E-state index contributed by atoms with van der Waals surface area (Å²) in [6.07, 6.45) is 1.81. The predicted molar refractivity (Wildman–Crippen MR) is 93.0 cm³/mol. The van der Waals surface area contributed by atoms with E-state index in [2.05, 4.69) is 11.6 Å². The fraction of sp³-hybridized carbons (Fsp3) is 0.111. The van der Waals surface area contributed by atoms with E-state index in [0.717, 1.165) is 16.8 Å². The molecule has 3 rings (SSSR count).